The summed E-state index contributed by atoms with van der Waals surface area (Å²) in [6.07, 6.45) is -3.90. The molecular formula is C71H79N3O28. The van der Waals surface area contributed by atoms with Crippen molar-refractivity contribution >= 4 is 77.9 Å². The Morgan fingerprint density at radius 1 is 0.343 bits per heavy atom. The maximum atomic E-state index is 13.1. The van der Waals surface area contributed by atoms with Crippen molar-refractivity contribution in [1.82, 2.24) is 16.0 Å². The largest absolute Gasteiger partial charge is 0.508 e. The summed E-state index contributed by atoms with van der Waals surface area (Å²) in [5.74, 6) is -9.32. The Morgan fingerprint density at radius 3 is 0.843 bits per heavy atom. The fourth-order valence-corrected chi connectivity index (χ4v) is 10.7. The molecule has 3 saturated carbocycles. The summed E-state index contributed by atoms with van der Waals surface area (Å²) in [5, 5.41) is 155. The third kappa shape index (κ3) is 21.8. The van der Waals surface area contributed by atoms with Crippen molar-refractivity contribution in [2.24, 2.45) is 0 Å². The number of amides is 3. The van der Waals surface area contributed by atoms with Gasteiger partial charge in [-0.25, -0.2) is 24.0 Å². The molecule has 3 aliphatic rings. The normalized spacial score (nSPS) is 24.7. The van der Waals surface area contributed by atoms with Crippen LogP contribution in [0.2, 0.25) is 0 Å². The SMILES string of the molecule is CNC(=O)[C@@]1(O)C[C@@H](O)[C@H](O)[C@H](OC(=O)/C=C/c2ccc(O)c(O)c2)C1.CNC(=O)[C@@]1(O)C[C@@H](OC(=O)/C=C/c2ccc(C)c(O)c2)[C@H](OC(=O)/C=C/c2ccc(O)c(O)c2)[C@H](OC(=O)/C=C/c2ccc(O)c(O)c2)C1.CNC(=O)[C@]1(O)C[C@@H](O)[C@@H](O)[C@H](OC(=O)/C=C/c2ccc(C)c(O)c2)C1. The monoisotopic (exact) mass is 1420 g/mol. The quantitative estimate of drug-likeness (QED) is 0.0256. The van der Waals surface area contributed by atoms with Gasteiger partial charge in [0.15, 0.2) is 40.6 Å². The van der Waals surface area contributed by atoms with Crippen LogP contribution in [0.4, 0.5) is 0 Å². The van der Waals surface area contributed by atoms with E-state index in [-0.39, 0.29) is 60.2 Å². The first-order chi connectivity index (χ1) is 48.0. The molecule has 0 bridgehead atoms. The lowest BCUT2D eigenvalue weighted by atomic mass is 9.78. The van der Waals surface area contributed by atoms with Crippen LogP contribution in [0.3, 0.4) is 0 Å². The Kier molecular flexibility index (Phi) is 27.4. The van der Waals surface area contributed by atoms with E-state index in [9.17, 15) is 115 Å². The van der Waals surface area contributed by atoms with E-state index < -0.39 is 144 Å². The number of hydrogen-bond acceptors (Lipinski definition) is 28. The molecule has 0 spiro atoms. The van der Waals surface area contributed by atoms with Crippen molar-refractivity contribution in [3.05, 3.63) is 160 Å². The van der Waals surface area contributed by atoms with Gasteiger partial charge in [-0.1, -0.05) is 42.5 Å². The van der Waals surface area contributed by atoms with Gasteiger partial charge in [0.2, 0.25) is 0 Å². The number of phenols is 8. The number of phenolic OH excluding ortho intramolecular Hbond substituents is 8. The highest BCUT2D eigenvalue weighted by Crippen LogP contribution is 2.38. The number of aryl methyl sites for hydroxylation is 2. The summed E-state index contributed by atoms with van der Waals surface area (Å²) in [6, 6.07) is 21.0. The van der Waals surface area contributed by atoms with Crippen molar-refractivity contribution in [3.8, 4) is 46.0 Å². The zero-order valence-corrected chi connectivity index (χ0v) is 55.4. The van der Waals surface area contributed by atoms with E-state index >= 15 is 0 Å². The van der Waals surface area contributed by atoms with E-state index in [1.54, 1.807) is 38.1 Å². The Balaban J connectivity index is 0.000000264. The van der Waals surface area contributed by atoms with E-state index in [1.807, 2.05) is 0 Å². The molecule has 0 aromatic heterocycles. The molecule has 31 nitrogen and oxygen atoms in total. The predicted molar refractivity (Wildman–Crippen MR) is 358 cm³/mol. The molecule has 3 amide bonds. The predicted octanol–water partition coefficient (Wildman–Crippen LogP) is 1.60. The molecule has 31 heteroatoms. The highest BCUT2D eigenvalue weighted by atomic mass is 16.6. The Morgan fingerprint density at radius 2 is 0.578 bits per heavy atom. The summed E-state index contributed by atoms with van der Waals surface area (Å²) < 4.78 is 26.9. The van der Waals surface area contributed by atoms with Crippen LogP contribution in [-0.2, 0) is 62.0 Å². The van der Waals surface area contributed by atoms with Gasteiger partial charge in [-0.3, -0.25) is 14.4 Å². The molecule has 102 heavy (non-hydrogen) atoms. The fraction of sp³-hybridized carbons (Fsp3) is 0.324. The summed E-state index contributed by atoms with van der Waals surface area (Å²) in [5.41, 5.74) is -2.84. The second-order valence-corrected chi connectivity index (χ2v) is 24.0. The smallest absolute Gasteiger partial charge is 0.331 e. The minimum atomic E-state index is -2.26. The number of carbonyl (C=O) groups excluding carboxylic acids is 8. The van der Waals surface area contributed by atoms with Gasteiger partial charge in [0.05, 0.1) is 12.2 Å². The molecule has 8 rings (SSSR count). The lowest BCUT2D eigenvalue weighted by Crippen LogP contribution is -2.61. The molecule has 12 atom stereocenters. The van der Waals surface area contributed by atoms with Crippen molar-refractivity contribution in [2.75, 3.05) is 21.1 Å². The minimum Gasteiger partial charge on any atom is -0.508 e. The van der Waals surface area contributed by atoms with Gasteiger partial charge in [-0.15, -0.1) is 0 Å². The third-order valence-electron chi connectivity index (χ3n) is 16.3. The van der Waals surface area contributed by atoms with Crippen molar-refractivity contribution in [1.29, 1.82) is 0 Å². The van der Waals surface area contributed by atoms with Gasteiger partial charge in [-0.2, -0.15) is 0 Å². The molecule has 0 saturated heterocycles. The first kappa shape index (κ1) is 79.7. The standard InChI is InChI=1S/C36H35NO13.C18H23NO7.C17H21NO8/c1-20-3-4-21(15-26(20)40)7-12-31(43)48-29-18-36(47,35(46)37-2)19-30(49-32(44)13-8-22-5-10-24(38)27(41)16-22)34(29)50-33(45)14-9-23-6-11-25(39)28(42)17-23;1-10-3-4-11(7-12(10)20)5-6-15(22)26-14-9-18(25,17(24)19-2)8-13(21)16(14)23;1-18-16(24)17(25)7-12(21)15(23)13(8-17)26-14(22)5-3-9-2-4-10(19)11(20)6-9/h3-17,29-30,34,38-42,47H,18-19H2,1-2H3,(H,37,46);3-7,13-14,16,20-21,23,25H,8-9H2,1-2H3,(H,19,24);2-6,12-13,15,19-21,23,25H,7-8H2,1H3,(H,18,24)/b12-7+,13-8+,14-9+;6-5+;5-3+/t29-,30-,34+,36-;13-,14-,16-,18+;12-,13-,15+,17-/m111/s1. The highest BCUT2D eigenvalue weighted by molar-refractivity contribution is 5.92. The second-order valence-electron chi connectivity index (χ2n) is 24.0. The second kappa shape index (κ2) is 35.1. The first-order valence-corrected chi connectivity index (χ1v) is 31.1. The molecule has 0 unspecified atom stereocenters. The van der Waals surface area contributed by atoms with Crippen LogP contribution in [0.1, 0.15) is 77.5 Å². The number of ether oxygens (including phenoxy) is 5. The Labute approximate surface area is 582 Å². The fourth-order valence-electron chi connectivity index (χ4n) is 10.7. The number of aliphatic hydroxyl groups is 7. The molecule has 3 aliphatic carbocycles. The number of nitrogens with one attached hydrogen (secondary N) is 3. The molecule has 5 aromatic rings. The third-order valence-corrected chi connectivity index (χ3v) is 16.3. The topological polar surface area (TPSA) is 522 Å². The summed E-state index contributed by atoms with van der Waals surface area (Å²) in [4.78, 5) is 99.4. The van der Waals surface area contributed by atoms with Crippen LogP contribution >= 0.6 is 0 Å². The van der Waals surface area contributed by atoms with E-state index in [4.69, 9.17) is 23.7 Å². The molecule has 546 valence electrons. The summed E-state index contributed by atoms with van der Waals surface area (Å²) >= 11 is 0. The van der Waals surface area contributed by atoms with Crippen LogP contribution in [0.15, 0.2) is 121 Å². The maximum absolute atomic E-state index is 13.1. The lowest BCUT2D eigenvalue weighted by Gasteiger charge is -2.42. The summed E-state index contributed by atoms with van der Waals surface area (Å²) in [6.45, 7) is 3.43. The van der Waals surface area contributed by atoms with Crippen LogP contribution in [0, 0.1) is 13.8 Å². The van der Waals surface area contributed by atoms with Crippen molar-refractivity contribution < 1.29 is 139 Å². The van der Waals surface area contributed by atoms with Gasteiger partial charge in [0.25, 0.3) is 17.7 Å². The molecule has 5 aromatic carbocycles. The number of esters is 5. The number of carbonyl (C=O) groups is 8. The van der Waals surface area contributed by atoms with E-state index in [0.29, 0.717) is 38.9 Å². The number of likely N-dealkylation sites (N-methyl/N-ethyl adjacent to an activating group) is 3. The van der Waals surface area contributed by atoms with Crippen LogP contribution in [0.5, 0.6) is 46.0 Å². The molecule has 0 aliphatic heterocycles. The van der Waals surface area contributed by atoms with Gasteiger partial charge < -0.3 is 116 Å². The average molecular weight is 1420 g/mol. The van der Waals surface area contributed by atoms with Gasteiger partial charge >= 0.3 is 29.8 Å². The number of hydrogen-bond donors (Lipinski definition) is 18. The number of benzene rings is 5. The van der Waals surface area contributed by atoms with Gasteiger partial charge in [0.1, 0.15) is 64.9 Å². The van der Waals surface area contributed by atoms with Gasteiger partial charge in [-0.05, 0) is 132 Å². The maximum Gasteiger partial charge on any atom is 0.331 e. The zero-order chi connectivity index (χ0) is 75.6. The van der Waals surface area contributed by atoms with E-state index in [2.05, 4.69) is 16.0 Å². The molecule has 0 heterocycles. The lowest BCUT2D eigenvalue weighted by molar-refractivity contribution is -0.205. The molecule has 18 N–H and O–H groups in total. The first-order valence-electron chi connectivity index (χ1n) is 31.1. The van der Waals surface area contributed by atoms with E-state index in [1.165, 1.54) is 118 Å². The van der Waals surface area contributed by atoms with E-state index in [0.717, 1.165) is 30.4 Å². The van der Waals surface area contributed by atoms with Crippen LogP contribution in [0.25, 0.3) is 30.4 Å². The molecular weight excluding hydrogens is 1340 g/mol. The Hall–Kier alpha value is -11.3. The Bertz CT molecular complexity index is 3850. The van der Waals surface area contributed by atoms with Crippen LogP contribution in [-0.4, -0.2) is 217 Å². The average Bonchev–Trinajstić information content (AvgIpc) is 0.789. The summed E-state index contributed by atoms with van der Waals surface area (Å²) in [7, 11) is 3.91. The molecule has 0 radical (unpaired) electrons. The number of rotatable bonds is 18. The van der Waals surface area contributed by atoms with Gasteiger partial charge in [0, 0.05) is 90.0 Å². The molecule has 3 fully saturated rings. The van der Waals surface area contributed by atoms with Crippen molar-refractivity contribution in [3.63, 3.8) is 0 Å². The highest BCUT2D eigenvalue weighted by Gasteiger charge is 2.55. The number of aromatic hydroxyl groups is 8. The zero-order valence-electron chi connectivity index (χ0n) is 55.4. The minimum absolute atomic E-state index is 0.00749. The number of aliphatic hydroxyl groups excluding tert-OH is 4. The van der Waals surface area contributed by atoms with Crippen molar-refractivity contribution in [2.45, 2.75) is 124 Å². The van der Waals surface area contributed by atoms with Crippen LogP contribution < -0.4 is 16.0 Å².